The first kappa shape index (κ1) is 12.9. The highest BCUT2D eigenvalue weighted by atomic mass is 79.9. The van der Waals surface area contributed by atoms with Gasteiger partial charge in [0, 0.05) is 11.1 Å². The summed E-state index contributed by atoms with van der Waals surface area (Å²) in [4.78, 5) is 0. The molecule has 0 atom stereocenters. The summed E-state index contributed by atoms with van der Waals surface area (Å²) in [5.74, 6) is 0.840. The number of nitrogens with one attached hydrogen (secondary N) is 1. The van der Waals surface area contributed by atoms with E-state index in [1.807, 2.05) is 54.6 Å². The van der Waals surface area contributed by atoms with Crippen LogP contribution in [0.15, 0.2) is 59.1 Å². The number of nitrogens with zero attached hydrogens (tertiary/aromatic N) is 1. The smallest absolute Gasteiger partial charge is 0.118 e. The van der Waals surface area contributed by atoms with Crippen molar-refractivity contribution in [3.05, 3.63) is 59.1 Å². The molecule has 100 valence electrons. The molecule has 0 fully saturated rings. The fraction of sp³-hybridized carbons (Fsp3) is 0.0625. The van der Waals surface area contributed by atoms with Crippen molar-refractivity contribution in [1.29, 1.82) is 0 Å². The van der Waals surface area contributed by atoms with Crippen molar-refractivity contribution in [2.45, 2.75) is 0 Å². The number of rotatable bonds is 3. The standard InChI is InChI=1S/C16H13BrN2O/c1-20-13-9-7-12(8-10-13)16-14(17)15(18-19-16)11-5-3-2-4-6-11/h2-10H,1H3,(H,18,19). The number of halogens is 1. The van der Waals surface area contributed by atoms with Gasteiger partial charge in [0.1, 0.15) is 11.4 Å². The van der Waals surface area contributed by atoms with Crippen LogP contribution in [0.5, 0.6) is 5.75 Å². The number of aromatic amines is 1. The van der Waals surface area contributed by atoms with Gasteiger partial charge in [0.05, 0.1) is 17.3 Å². The Kier molecular flexibility index (Phi) is 3.56. The molecular weight excluding hydrogens is 316 g/mol. The van der Waals surface area contributed by atoms with Gasteiger partial charge in [-0.2, -0.15) is 5.10 Å². The average molecular weight is 329 g/mol. The second-order valence-electron chi connectivity index (χ2n) is 4.36. The minimum Gasteiger partial charge on any atom is -0.497 e. The van der Waals surface area contributed by atoms with Crippen molar-refractivity contribution < 1.29 is 4.74 Å². The van der Waals surface area contributed by atoms with E-state index in [4.69, 9.17) is 4.74 Å². The fourth-order valence-electron chi connectivity index (χ4n) is 2.06. The van der Waals surface area contributed by atoms with Crippen LogP contribution in [0.25, 0.3) is 22.5 Å². The van der Waals surface area contributed by atoms with E-state index in [-0.39, 0.29) is 0 Å². The summed E-state index contributed by atoms with van der Waals surface area (Å²) >= 11 is 3.64. The molecule has 3 aromatic rings. The highest BCUT2D eigenvalue weighted by Gasteiger charge is 2.13. The number of ether oxygens (including phenoxy) is 1. The third kappa shape index (κ3) is 2.34. The first-order valence-corrected chi connectivity index (χ1v) is 7.02. The van der Waals surface area contributed by atoms with Crippen LogP contribution >= 0.6 is 15.9 Å². The molecule has 2 aromatic carbocycles. The van der Waals surface area contributed by atoms with Crippen molar-refractivity contribution in [1.82, 2.24) is 10.2 Å². The summed E-state index contributed by atoms with van der Waals surface area (Å²) in [5, 5.41) is 7.49. The normalized spacial score (nSPS) is 10.5. The Hall–Kier alpha value is -2.07. The molecule has 0 aliphatic heterocycles. The van der Waals surface area contributed by atoms with Crippen LogP contribution in [-0.4, -0.2) is 17.3 Å². The Bertz CT molecular complexity index is 705. The number of H-pyrrole nitrogens is 1. The number of hydrogen-bond donors (Lipinski definition) is 1. The molecule has 0 amide bonds. The van der Waals surface area contributed by atoms with Gasteiger partial charge in [0.15, 0.2) is 0 Å². The molecule has 0 aliphatic rings. The van der Waals surface area contributed by atoms with Gasteiger partial charge in [-0.25, -0.2) is 0 Å². The minimum absolute atomic E-state index is 0.840. The minimum atomic E-state index is 0.840. The lowest BCUT2D eigenvalue weighted by Crippen LogP contribution is -1.83. The van der Waals surface area contributed by atoms with Crippen LogP contribution in [0.3, 0.4) is 0 Å². The van der Waals surface area contributed by atoms with E-state index in [9.17, 15) is 0 Å². The summed E-state index contributed by atoms with van der Waals surface area (Å²) in [6, 6.07) is 18.0. The van der Waals surface area contributed by atoms with Gasteiger partial charge in [0.2, 0.25) is 0 Å². The molecule has 0 spiro atoms. The number of hydrogen-bond acceptors (Lipinski definition) is 2. The Labute approximate surface area is 125 Å². The maximum atomic E-state index is 5.17. The first-order chi connectivity index (χ1) is 9.79. The topological polar surface area (TPSA) is 37.9 Å². The molecule has 0 aliphatic carbocycles. The molecule has 3 nitrogen and oxygen atoms in total. The van der Waals surface area contributed by atoms with E-state index in [1.54, 1.807) is 7.11 Å². The monoisotopic (exact) mass is 328 g/mol. The largest absolute Gasteiger partial charge is 0.497 e. The van der Waals surface area contributed by atoms with Crippen LogP contribution in [0, 0.1) is 0 Å². The fourth-order valence-corrected chi connectivity index (χ4v) is 2.70. The van der Waals surface area contributed by atoms with E-state index in [2.05, 4.69) is 26.1 Å². The summed E-state index contributed by atoms with van der Waals surface area (Å²) in [5.41, 5.74) is 4.02. The SMILES string of the molecule is COc1ccc(-c2[nH]nc(-c3ccccc3)c2Br)cc1. The lowest BCUT2D eigenvalue weighted by Gasteiger charge is -2.02. The molecule has 0 saturated carbocycles. The maximum absolute atomic E-state index is 5.17. The summed E-state index contributed by atoms with van der Waals surface area (Å²) in [7, 11) is 1.66. The Morgan fingerprint density at radius 2 is 1.65 bits per heavy atom. The quantitative estimate of drug-likeness (QED) is 0.767. The number of benzene rings is 2. The van der Waals surface area contributed by atoms with Gasteiger partial charge in [-0.05, 0) is 40.2 Å². The van der Waals surface area contributed by atoms with Gasteiger partial charge >= 0.3 is 0 Å². The molecular formula is C16H13BrN2O. The highest BCUT2D eigenvalue weighted by molar-refractivity contribution is 9.10. The molecule has 3 rings (SSSR count). The number of methoxy groups -OCH3 is 1. The molecule has 0 unspecified atom stereocenters. The van der Waals surface area contributed by atoms with Gasteiger partial charge in [0.25, 0.3) is 0 Å². The van der Waals surface area contributed by atoms with Crippen molar-refractivity contribution in [3.63, 3.8) is 0 Å². The zero-order chi connectivity index (χ0) is 13.9. The Morgan fingerprint density at radius 3 is 2.30 bits per heavy atom. The molecule has 1 aromatic heterocycles. The average Bonchev–Trinajstić information content (AvgIpc) is 2.90. The van der Waals surface area contributed by atoms with Crippen molar-refractivity contribution in [2.24, 2.45) is 0 Å². The van der Waals surface area contributed by atoms with Crippen molar-refractivity contribution in [3.8, 4) is 28.3 Å². The Morgan fingerprint density at radius 1 is 0.950 bits per heavy atom. The van der Waals surface area contributed by atoms with Crippen LogP contribution < -0.4 is 4.74 Å². The van der Waals surface area contributed by atoms with Crippen LogP contribution in [0.2, 0.25) is 0 Å². The zero-order valence-corrected chi connectivity index (χ0v) is 12.5. The van der Waals surface area contributed by atoms with Gasteiger partial charge in [-0.1, -0.05) is 30.3 Å². The molecule has 0 radical (unpaired) electrons. The molecule has 0 saturated heterocycles. The first-order valence-electron chi connectivity index (χ1n) is 6.23. The van der Waals surface area contributed by atoms with E-state index < -0.39 is 0 Å². The lowest BCUT2D eigenvalue weighted by molar-refractivity contribution is 0.415. The molecule has 4 heteroatoms. The van der Waals surface area contributed by atoms with Crippen molar-refractivity contribution in [2.75, 3.05) is 7.11 Å². The molecule has 1 heterocycles. The van der Waals surface area contributed by atoms with Gasteiger partial charge < -0.3 is 4.74 Å². The highest BCUT2D eigenvalue weighted by Crippen LogP contribution is 2.34. The predicted molar refractivity (Wildman–Crippen MR) is 83.7 cm³/mol. The third-order valence-electron chi connectivity index (χ3n) is 3.13. The molecule has 1 N–H and O–H groups in total. The predicted octanol–water partition coefficient (Wildman–Crippen LogP) is 4.51. The van der Waals surface area contributed by atoms with Crippen LogP contribution in [0.1, 0.15) is 0 Å². The van der Waals surface area contributed by atoms with Gasteiger partial charge in [-0.15, -0.1) is 0 Å². The van der Waals surface area contributed by atoms with Gasteiger partial charge in [-0.3, -0.25) is 5.10 Å². The summed E-state index contributed by atoms with van der Waals surface area (Å²) in [6.45, 7) is 0. The third-order valence-corrected chi connectivity index (χ3v) is 3.90. The second-order valence-corrected chi connectivity index (χ2v) is 5.15. The zero-order valence-electron chi connectivity index (χ0n) is 10.9. The molecule has 0 bridgehead atoms. The number of aromatic nitrogens is 2. The maximum Gasteiger partial charge on any atom is 0.118 e. The van der Waals surface area contributed by atoms with Crippen LogP contribution in [-0.2, 0) is 0 Å². The van der Waals surface area contributed by atoms with E-state index in [0.717, 1.165) is 32.7 Å². The summed E-state index contributed by atoms with van der Waals surface area (Å²) in [6.07, 6.45) is 0. The van der Waals surface area contributed by atoms with Crippen molar-refractivity contribution >= 4 is 15.9 Å². The van der Waals surface area contributed by atoms with E-state index >= 15 is 0 Å². The lowest BCUT2D eigenvalue weighted by atomic mass is 10.1. The Balaban J connectivity index is 2.01. The van der Waals surface area contributed by atoms with E-state index in [0.29, 0.717) is 0 Å². The molecule has 20 heavy (non-hydrogen) atoms. The van der Waals surface area contributed by atoms with Crippen LogP contribution in [0.4, 0.5) is 0 Å². The van der Waals surface area contributed by atoms with E-state index in [1.165, 1.54) is 0 Å². The summed E-state index contributed by atoms with van der Waals surface area (Å²) < 4.78 is 6.14. The second kappa shape index (κ2) is 5.51.